The van der Waals surface area contributed by atoms with Crippen molar-refractivity contribution in [1.29, 1.82) is 0 Å². The molecule has 6 heteroatoms. The van der Waals surface area contributed by atoms with E-state index in [1.807, 2.05) is 0 Å². The third-order valence-corrected chi connectivity index (χ3v) is 3.82. The zero-order chi connectivity index (χ0) is 15.2. The quantitative estimate of drug-likeness (QED) is 0.494. The largest absolute Gasteiger partial charge is 0.332 e. The van der Waals surface area contributed by atoms with Gasteiger partial charge in [-0.25, -0.2) is 0 Å². The zero-order valence-electron chi connectivity index (χ0n) is 12.1. The van der Waals surface area contributed by atoms with Crippen LogP contribution in [0.2, 0.25) is 0 Å². The van der Waals surface area contributed by atoms with Crippen molar-refractivity contribution in [3.63, 3.8) is 0 Å². The fraction of sp³-hybridized carbons (Fsp3) is 0.400. The molecule has 1 saturated heterocycles. The number of rotatable bonds is 4. The van der Waals surface area contributed by atoms with Crippen molar-refractivity contribution in [2.45, 2.75) is 6.92 Å². The molecule has 0 aromatic heterocycles. The highest BCUT2D eigenvalue weighted by Gasteiger charge is 2.21. The molecule has 0 bridgehead atoms. The molecule has 1 heterocycles. The summed E-state index contributed by atoms with van der Waals surface area (Å²) in [5.41, 5.74) is 0.468. The van der Waals surface area contributed by atoms with E-state index in [1.54, 1.807) is 23.1 Å². The minimum absolute atomic E-state index is 0.0156. The first-order valence-electron chi connectivity index (χ1n) is 7.15. The van der Waals surface area contributed by atoms with Gasteiger partial charge in [-0.05, 0) is 19.1 Å². The van der Waals surface area contributed by atoms with Crippen LogP contribution in [-0.4, -0.2) is 48.5 Å². The number of carbonyl (C=O) groups is 1. The number of benzene rings is 1. The lowest BCUT2D eigenvalue weighted by molar-refractivity contribution is -0.902. The van der Waals surface area contributed by atoms with Gasteiger partial charge >= 0.3 is 0 Å². The van der Waals surface area contributed by atoms with Crippen LogP contribution in [0.25, 0.3) is 6.08 Å². The van der Waals surface area contributed by atoms with E-state index in [0.717, 1.165) is 32.7 Å². The summed E-state index contributed by atoms with van der Waals surface area (Å²) in [6.45, 7) is 6.62. The molecule has 1 aliphatic rings. The Hall–Kier alpha value is -2.21. The van der Waals surface area contributed by atoms with Gasteiger partial charge in [0, 0.05) is 12.1 Å². The summed E-state index contributed by atoms with van der Waals surface area (Å²) >= 11 is 0. The Morgan fingerprint density at radius 2 is 2.05 bits per heavy atom. The molecule has 0 spiro atoms. The van der Waals surface area contributed by atoms with Crippen LogP contribution in [0.15, 0.2) is 30.3 Å². The van der Waals surface area contributed by atoms with Crippen molar-refractivity contribution in [1.82, 2.24) is 4.90 Å². The predicted molar refractivity (Wildman–Crippen MR) is 79.9 cm³/mol. The lowest BCUT2D eigenvalue weighted by Gasteiger charge is -2.30. The van der Waals surface area contributed by atoms with Gasteiger partial charge in [0.2, 0.25) is 5.91 Å². The second-order valence-corrected chi connectivity index (χ2v) is 5.08. The second kappa shape index (κ2) is 6.99. The van der Waals surface area contributed by atoms with Crippen molar-refractivity contribution in [2.24, 2.45) is 0 Å². The lowest BCUT2D eigenvalue weighted by atomic mass is 10.1. The number of nitrogens with one attached hydrogen (secondary N) is 1. The normalized spacial score (nSPS) is 16.3. The van der Waals surface area contributed by atoms with E-state index in [4.69, 9.17) is 0 Å². The SMILES string of the molecule is CC[NH+]1CCN(C(=O)/C=C/c2ccccc2[N+](=O)[O-])CC1. The van der Waals surface area contributed by atoms with Crippen molar-refractivity contribution in [3.8, 4) is 0 Å². The number of nitro groups is 1. The standard InChI is InChI=1S/C15H19N3O3/c1-2-16-9-11-17(12-10-16)15(19)8-7-13-5-3-4-6-14(13)18(20)21/h3-8H,2,9-12H2,1H3/p+1/b8-7+. The molecule has 112 valence electrons. The molecule has 0 atom stereocenters. The fourth-order valence-electron chi connectivity index (χ4n) is 2.46. The van der Waals surface area contributed by atoms with Gasteiger partial charge in [-0.15, -0.1) is 0 Å². The van der Waals surface area contributed by atoms with Crippen LogP contribution in [0.5, 0.6) is 0 Å². The third kappa shape index (κ3) is 3.88. The van der Waals surface area contributed by atoms with E-state index in [0.29, 0.717) is 5.56 Å². The molecule has 2 rings (SSSR count). The molecular weight excluding hydrogens is 270 g/mol. The number of hydrogen-bond donors (Lipinski definition) is 1. The zero-order valence-corrected chi connectivity index (χ0v) is 12.1. The van der Waals surface area contributed by atoms with Crippen LogP contribution < -0.4 is 4.90 Å². The fourth-order valence-corrected chi connectivity index (χ4v) is 2.46. The highest BCUT2D eigenvalue weighted by atomic mass is 16.6. The van der Waals surface area contributed by atoms with Crippen LogP contribution in [0.1, 0.15) is 12.5 Å². The molecule has 0 radical (unpaired) electrons. The number of carbonyl (C=O) groups excluding carboxylic acids is 1. The highest BCUT2D eigenvalue weighted by Crippen LogP contribution is 2.18. The first kappa shape index (κ1) is 15.2. The molecule has 1 aromatic carbocycles. The molecule has 21 heavy (non-hydrogen) atoms. The summed E-state index contributed by atoms with van der Waals surface area (Å²) in [5, 5.41) is 10.9. The maximum Gasteiger partial charge on any atom is 0.276 e. The maximum absolute atomic E-state index is 12.1. The third-order valence-electron chi connectivity index (χ3n) is 3.82. The Morgan fingerprint density at radius 1 is 1.38 bits per heavy atom. The first-order valence-corrected chi connectivity index (χ1v) is 7.15. The molecule has 0 saturated carbocycles. The number of piperazine rings is 1. The Bertz CT molecular complexity index is 549. The number of para-hydroxylation sites is 1. The van der Waals surface area contributed by atoms with Crippen molar-refractivity contribution in [2.75, 3.05) is 32.7 Å². The van der Waals surface area contributed by atoms with E-state index in [1.165, 1.54) is 23.1 Å². The number of likely N-dealkylation sites (N-methyl/N-ethyl adjacent to an activating group) is 1. The summed E-state index contributed by atoms with van der Waals surface area (Å²) in [6, 6.07) is 6.42. The minimum Gasteiger partial charge on any atom is -0.332 e. The van der Waals surface area contributed by atoms with Gasteiger partial charge in [-0.1, -0.05) is 12.1 Å². The molecule has 0 unspecified atom stereocenters. The van der Waals surface area contributed by atoms with Gasteiger partial charge in [0.15, 0.2) is 0 Å². The number of nitro benzene ring substituents is 1. The molecule has 1 fully saturated rings. The smallest absolute Gasteiger partial charge is 0.276 e. The molecule has 1 aliphatic heterocycles. The van der Waals surface area contributed by atoms with Gasteiger partial charge in [-0.2, -0.15) is 0 Å². The first-order chi connectivity index (χ1) is 10.1. The Morgan fingerprint density at radius 3 is 2.67 bits per heavy atom. The van der Waals surface area contributed by atoms with Crippen molar-refractivity contribution >= 4 is 17.7 Å². The van der Waals surface area contributed by atoms with Crippen LogP contribution >= 0.6 is 0 Å². The Kier molecular flexibility index (Phi) is 5.05. The van der Waals surface area contributed by atoms with Crippen LogP contribution in [0, 0.1) is 10.1 Å². The van der Waals surface area contributed by atoms with E-state index in [2.05, 4.69) is 6.92 Å². The number of nitrogens with zero attached hydrogens (tertiary/aromatic N) is 2. The van der Waals surface area contributed by atoms with E-state index < -0.39 is 4.92 Å². The van der Waals surface area contributed by atoms with Gasteiger partial charge in [0.1, 0.15) is 0 Å². The molecule has 1 amide bonds. The van der Waals surface area contributed by atoms with E-state index in [9.17, 15) is 14.9 Å². The highest BCUT2D eigenvalue weighted by molar-refractivity contribution is 5.92. The molecule has 1 N–H and O–H groups in total. The molecular formula is C15H20N3O3+. The summed E-state index contributed by atoms with van der Waals surface area (Å²) in [4.78, 5) is 25.9. The summed E-state index contributed by atoms with van der Waals surface area (Å²) < 4.78 is 0. The lowest BCUT2D eigenvalue weighted by Crippen LogP contribution is -3.14. The van der Waals surface area contributed by atoms with Crippen molar-refractivity contribution < 1.29 is 14.6 Å². The van der Waals surface area contributed by atoms with Gasteiger partial charge < -0.3 is 9.80 Å². The number of amides is 1. The van der Waals surface area contributed by atoms with Crippen LogP contribution in [0.4, 0.5) is 5.69 Å². The van der Waals surface area contributed by atoms with Crippen LogP contribution in [0.3, 0.4) is 0 Å². The van der Waals surface area contributed by atoms with Crippen molar-refractivity contribution in [3.05, 3.63) is 46.0 Å². The summed E-state index contributed by atoms with van der Waals surface area (Å²) in [6.07, 6.45) is 2.96. The summed E-state index contributed by atoms with van der Waals surface area (Å²) in [7, 11) is 0. The maximum atomic E-state index is 12.1. The van der Waals surface area contributed by atoms with E-state index >= 15 is 0 Å². The predicted octanol–water partition coefficient (Wildman–Crippen LogP) is 0.355. The summed E-state index contributed by atoms with van der Waals surface area (Å²) in [5.74, 6) is -0.0803. The molecule has 1 aromatic rings. The Balaban J connectivity index is 2.01. The average molecular weight is 290 g/mol. The topological polar surface area (TPSA) is 67.9 Å². The van der Waals surface area contributed by atoms with E-state index in [-0.39, 0.29) is 11.6 Å². The number of hydrogen-bond acceptors (Lipinski definition) is 3. The van der Waals surface area contributed by atoms with Crippen LogP contribution in [-0.2, 0) is 4.79 Å². The second-order valence-electron chi connectivity index (χ2n) is 5.08. The van der Waals surface area contributed by atoms with Gasteiger partial charge in [-0.3, -0.25) is 14.9 Å². The molecule has 6 nitrogen and oxygen atoms in total. The van der Waals surface area contributed by atoms with Gasteiger partial charge in [0.05, 0.1) is 43.2 Å². The average Bonchev–Trinajstić information content (AvgIpc) is 2.52. The Labute approximate surface area is 123 Å². The monoisotopic (exact) mass is 290 g/mol. The van der Waals surface area contributed by atoms with Gasteiger partial charge in [0.25, 0.3) is 5.69 Å². The molecule has 0 aliphatic carbocycles. The minimum atomic E-state index is -0.437. The number of quaternary nitrogens is 1.